The Hall–Kier alpha value is -1.05. The molecule has 0 radical (unpaired) electrons. The van der Waals surface area contributed by atoms with Gasteiger partial charge in [0, 0.05) is 6.20 Å². The van der Waals surface area contributed by atoms with E-state index >= 15 is 0 Å². The molecule has 1 N–H and O–H groups in total. The zero-order chi connectivity index (χ0) is 7.28. The molecule has 0 aromatic heterocycles. The summed E-state index contributed by atoms with van der Waals surface area (Å²) >= 11 is 0. The summed E-state index contributed by atoms with van der Waals surface area (Å²) in [5.74, 6) is 0.252. The highest BCUT2D eigenvalue weighted by Gasteiger charge is 1.85. The van der Waals surface area contributed by atoms with Gasteiger partial charge in [-0.25, -0.2) is 0 Å². The highest BCUT2D eigenvalue weighted by atomic mass is 16.3. The fraction of sp³-hybridized carbons (Fsp3) is 0.286. The average molecular weight is 125 g/mol. The van der Waals surface area contributed by atoms with Gasteiger partial charge in [-0.2, -0.15) is 0 Å². The van der Waals surface area contributed by atoms with Crippen molar-refractivity contribution in [3.05, 3.63) is 23.6 Å². The van der Waals surface area contributed by atoms with Crippen LogP contribution in [0.1, 0.15) is 13.8 Å². The first-order valence-electron chi connectivity index (χ1n) is 2.67. The van der Waals surface area contributed by atoms with Crippen LogP contribution in [0.4, 0.5) is 0 Å². The third-order valence-corrected chi connectivity index (χ3v) is 0.850. The zero-order valence-corrected chi connectivity index (χ0v) is 5.76. The lowest BCUT2D eigenvalue weighted by atomic mass is 10.3. The first-order valence-corrected chi connectivity index (χ1v) is 2.67. The minimum Gasteiger partial charge on any atom is -0.508 e. The number of allylic oxidation sites excluding steroid dienone is 2. The van der Waals surface area contributed by atoms with Crippen LogP contribution in [0, 0.1) is 0 Å². The maximum atomic E-state index is 8.96. The Morgan fingerprint density at radius 1 is 1.56 bits per heavy atom. The highest BCUT2D eigenvalue weighted by Crippen LogP contribution is 1.99. The molecule has 0 spiro atoms. The van der Waals surface area contributed by atoms with Crippen LogP contribution in [0.2, 0.25) is 0 Å². The van der Waals surface area contributed by atoms with E-state index in [2.05, 4.69) is 11.7 Å². The number of aliphatic hydroxyl groups is 1. The normalized spacial score (nSPS) is 9.56. The van der Waals surface area contributed by atoms with Crippen LogP contribution in [0.15, 0.2) is 28.6 Å². The molecule has 0 aromatic carbocycles. The van der Waals surface area contributed by atoms with E-state index in [-0.39, 0.29) is 5.76 Å². The lowest BCUT2D eigenvalue weighted by Crippen LogP contribution is -1.76. The van der Waals surface area contributed by atoms with Crippen LogP contribution >= 0.6 is 0 Å². The molecule has 0 saturated carbocycles. The van der Waals surface area contributed by atoms with E-state index in [4.69, 9.17) is 5.11 Å². The van der Waals surface area contributed by atoms with Gasteiger partial charge in [0.15, 0.2) is 0 Å². The molecule has 0 aliphatic heterocycles. The van der Waals surface area contributed by atoms with Crippen LogP contribution in [0.3, 0.4) is 0 Å². The van der Waals surface area contributed by atoms with Crippen molar-refractivity contribution in [2.45, 2.75) is 13.8 Å². The Bertz CT molecular complexity index is 152. The molecule has 0 saturated heterocycles. The van der Waals surface area contributed by atoms with Crippen LogP contribution in [-0.2, 0) is 0 Å². The van der Waals surface area contributed by atoms with Crippen LogP contribution in [-0.4, -0.2) is 11.8 Å². The van der Waals surface area contributed by atoms with Crippen molar-refractivity contribution >= 4 is 6.72 Å². The minimum absolute atomic E-state index is 0.252. The van der Waals surface area contributed by atoms with E-state index in [0.717, 1.165) is 5.57 Å². The van der Waals surface area contributed by atoms with Gasteiger partial charge in [-0.1, -0.05) is 0 Å². The van der Waals surface area contributed by atoms with E-state index in [1.54, 1.807) is 0 Å². The van der Waals surface area contributed by atoms with E-state index in [1.807, 2.05) is 13.8 Å². The van der Waals surface area contributed by atoms with E-state index in [1.165, 1.54) is 12.3 Å². The highest BCUT2D eigenvalue weighted by molar-refractivity contribution is 5.27. The molecule has 0 heterocycles. The topological polar surface area (TPSA) is 32.6 Å². The average Bonchev–Trinajstić information content (AvgIpc) is 1.82. The lowest BCUT2D eigenvalue weighted by Gasteiger charge is -1.90. The maximum Gasteiger partial charge on any atom is 0.115 e. The molecule has 2 heteroatoms. The Morgan fingerprint density at radius 2 is 2.11 bits per heavy atom. The lowest BCUT2D eigenvalue weighted by molar-refractivity contribution is 0.425. The summed E-state index contributed by atoms with van der Waals surface area (Å²) in [6.07, 6.45) is 2.95. The molecule has 0 fully saturated rings. The first-order chi connectivity index (χ1) is 4.18. The van der Waals surface area contributed by atoms with Crippen LogP contribution < -0.4 is 0 Å². The van der Waals surface area contributed by atoms with Crippen molar-refractivity contribution in [2.75, 3.05) is 0 Å². The van der Waals surface area contributed by atoms with E-state index in [9.17, 15) is 0 Å². The molecule has 0 bridgehead atoms. The van der Waals surface area contributed by atoms with Gasteiger partial charge in [-0.3, -0.25) is 4.99 Å². The molecule has 0 atom stereocenters. The predicted octanol–water partition coefficient (Wildman–Crippen LogP) is 2.05. The number of rotatable bonds is 2. The predicted molar refractivity (Wildman–Crippen MR) is 39.7 cm³/mol. The number of hydrogen-bond acceptors (Lipinski definition) is 2. The quantitative estimate of drug-likeness (QED) is 0.342. The molecule has 9 heavy (non-hydrogen) atoms. The summed E-state index contributed by atoms with van der Waals surface area (Å²) < 4.78 is 0. The second-order valence-corrected chi connectivity index (χ2v) is 1.88. The maximum absolute atomic E-state index is 8.96. The van der Waals surface area contributed by atoms with Gasteiger partial charge in [0.2, 0.25) is 0 Å². The molecule has 0 aliphatic carbocycles. The van der Waals surface area contributed by atoms with Gasteiger partial charge in [0.05, 0.1) is 0 Å². The van der Waals surface area contributed by atoms with Crippen molar-refractivity contribution in [1.82, 2.24) is 0 Å². The summed E-state index contributed by atoms with van der Waals surface area (Å²) in [6.45, 7) is 6.87. The molecule has 50 valence electrons. The second-order valence-electron chi connectivity index (χ2n) is 1.88. The fourth-order valence-corrected chi connectivity index (χ4v) is 0.290. The standard InChI is InChI=1S/C7H11NO/c1-6(2)7(9)4-5-8-3/h4-5,9H,3H2,1-2H3/b5-4-. The van der Waals surface area contributed by atoms with Gasteiger partial charge in [-0.15, -0.1) is 0 Å². The van der Waals surface area contributed by atoms with Gasteiger partial charge < -0.3 is 5.11 Å². The molecule has 0 aliphatic rings. The first kappa shape index (κ1) is 7.95. The summed E-state index contributed by atoms with van der Waals surface area (Å²) in [6, 6.07) is 0. The second kappa shape index (κ2) is 3.89. The summed E-state index contributed by atoms with van der Waals surface area (Å²) in [4.78, 5) is 3.43. The summed E-state index contributed by atoms with van der Waals surface area (Å²) in [5, 5.41) is 8.96. The summed E-state index contributed by atoms with van der Waals surface area (Å²) in [7, 11) is 0. The molecular formula is C7H11NO. The Balaban J connectivity index is 4.06. The molecule has 0 unspecified atom stereocenters. The Labute approximate surface area is 55.2 Å². The van der Waals surface area contributed by atoms with Gasteiger partial charge >= 0.3 is 0 Å². The fourth-order valence-electron chi connectivity index (χ4n) is 0.290. The number of hydrogen-bond donors (Lipinski definition) is 1. The Morgan fingerprint density at radius 3 is 2.44 bits per heavy atom. The van der Waals surface area contributed by atoms with Crippen molar-refractivity contribution in [3.8, 4) is 0 Å². The zero-order valence-electron chi connectivity index (χ0n) is 5.76. The van der Waals surface area contributed by atoms with Crippen LogP contribution in [0.25, 0.3) is 0 Å². The van der Waals surface area contributed by atoms with Gasteiger partial charge in [0.25, 0.3) is 0 Å². The third kappa shape index (κ3) is 3.53. The Kier molecular flexibility index (Phi) is 3.44. The van der Waals surface area contributed by atoms with Gasteiger partial charge in [-0.05, 0) is 32.2 Å². The number of aliphatic hydroxyl groups excluding tert-OH is 1. The van der Waals surface area contributed by atoms with E-state index < -0.39 is 0 Å². The third-order valence-electron chi connectivity index (χ3n) is 0.850. The molecule has 0 aromatic rings. The van der Waals surface area contributed by atoms with Crippen molar-refractivity contribution in [3.63, 3.8) is 0 Å². The summed E-state index contributed by atoms with van der Waals surface area (Å²) in [5.41, 5.74) is 0.870. The molecule has 0 rings (SSSR count). The SMILES string of the molecule is C=N/C=C\C(O)=C(C)C. The van der Waals surface area contributed by atoms with Crippen LogP contribution in [0.5, 0.6) is 0 Å². The largest absolute Gasteiger partial charge is 0.508 e. The van der Waals surface area contributed by atoms with Crippen molar-refractivity contribution in [2.24, 2.45) is 4.99 Å². The molecule has 2 nitrogen and oxygen atoms in total. The van der Waals surface area contributed by atoms with E-state index in [0.29, 0.717) is 0 Å². The van der Waals surface area contributed by atoms with Gasteiger partial charge in [0.1, 0.15) is 5.76 Å². The number of aliphatic imine (C=N–C) groups is 1. The minimum atomic E-state index is 0.252. The monoisotopic (exact) mass is 125 g/mol. The molecular weight excluding hydrogens is 114 g/mol. The van der Waals surface area contributed by atoms with Crippen molar-refractivity contribution in [1.29, 1.82) is 0 Å². The molecule has 0 amide bonds. The smallest absolute Gasteiger partial charge is 0.115 e. The number of nitrogens with zero attached hydrogens (tertiary/aromatic N) is 1. The van der Waals surface area contributed by atoms with Crippen molar-refractivity contribution < 1.29 is 5.11 Å².